The van der Waals surface area contributed by atoms with Crippen LogP contribution in [0, 0.1) is 0 Å². The minimum absolute atomic E-state index is 0.0111. The fourth-order valence-corrected chi connectivity index (χ4v) is 5.76. The number of amides is 1. The summed E-state index contributed by atoms with van der Waals surface area (Å²) in [4.78, 5) is 12.2. The molecule has 0 spiro atoms. The van der Waals surface area contributed by atoms with Crippen LogP contribution in [0.25, 0.3) is 0 Å². The second kappa shape index (κ2) is 10.9. The van der Waals surface area contributed by atoms with E-state index in [1.807, 2.05) is 30.3 Å². The normalized spacial score (nSPS) is 24.3. The van der Waals surface area contributed by atoms with Gasteiger partial charge in [0, 0.05) is 6.92 Å². The number of carbonyl (C=O) groups excluding carboxylic acids is 1. The summed E-state index contributed by atoms with van der Waals surface area (Å²) in [5.41, 5.74) is 1.10. The molecule has 8 heteroatoms. The third-order valence-electron chi connectivity index (χ3n) is 7.55. The van der Waals surface area contributed by atoms with Crippen LogP contribution in [-0.4, -0.2) is 53.7 Å². The molecule has 0 aliphatic carbocycles. The molecule has 1 aromatic rings. The third kappa shape index (κ3) is 7.48. The summed E-state index contributed by atoms with van der Waals surface area (Å²) < 4.78 is 26.2. The zero-order chi connectivity index (χ0) is 25.9. The van der Waals surface area contributed by atoms with Crippen molar-refractivity contribution in [2.75, 3.05) is 6.61 Å². The van der Waals surface area contributed by atoms with Crippen molar-refractivity contribution in [3.05, 3.63) is 35.9 Å². The maximum Gasteiger partial charge on any atom is 0.217 e. The summed E-state index contributed by atoms with van der Waals surface area (Å²) >= 11 is 0. The molecule has 2 rings (SSSR count). The first-order valence-electron chi connectivity index (χ1n) is 12.3. The smallest absolute Gasteiger partial charge is 0.217 e. The first kappa shape index (κ1) is 29.2. The van der Waals surface area contributed by atoms with Gasteiger partial charge < -0.3 is 23.6 Å². The Morgan fingerprint density at radius 1 is 0.941 bits per heavy atom. The van der Waals surface area contributed by atoms with Crippen molar-refractivity contribution in [2.45, 2.75) is 116 Å². The third-order valence-corrected chi connectivity index (χ3v) is 16.5. The fourth-order valence-electron chi connectivity index (χ4n) is 3.34. The maximum absolute atomic E-state index is 12.2. The van der Waals surface area contributed by atoms with E-state index in [2.05, 4.69) is 73.0 Å². The minimum Gasteiger partial charge on any atom is -0.407 e. The Labute approximate surface area is 209 Å². The van der Waals surface area contributed by atoms with E-state index in [0.717, 1.165) is 5.56 Å². The summed E-state index contributed by atoms with van der Waals surface area (Å²) in [6.07, 6.45) is -1.32. The van der Waals surface area contributed by atoms with Gasteiger partial charge in [-0.1, -0.05) is 71.9 Å². The molecule has 6 nitrogen and oxygen atoms in total. The second-order valence-corrected chi connectivity index (χ2v) is 22.0. The van der Waals surface area contributed by atoms with Crippen molar-refractivity contribution in [1.82, 2.24) is 5.32 Å². The fraction of sp³-hybridized carbons (Fsp3) is 0.731. The highest BCUT2D eigenvalue weighted by Gasteiger charge is 2.53. The van der Waals surface area contributed by atoms with Crippen LogP contribution in [0.4, 0.5) is 0 Å². The molecule has 1 aliphatic heterocycles. The minimum atomic E-state index is -2.18. The Kier molecular flexibility index (Phi) is 9.38. The zero-order valence-corrected chi connectivity index (χ0v) is 25.2. The van der Waals surface area contributed by atoms with Crippen LogP contribution in [0.2, 0.25) is 36.3 Å². The van der Waals surface area contributed by atoms with Crippen LogP contribution in [0.3, 0.4) is 0 Å². The van der Waals surface area contributed by atoms with Gasteiger partial charge in [-0.05, 0) is 41.8 Å². The van der Waals surface area contributed by atoms with Crippen LogP contribution in [0.5, 0.6) is 0 Å². The molecule has 1 saturated heterocycles. The van der Waals surface area contributed by atoms with E-state index in [1.165, 1.54) is 6.92 Å². The predicted octanol–water partition coefficient (Wildman–Crippen LogP) is 5.85. The quantitative estimate of drug-likeness (QED) is 0.423. The van der Waals surface area contributed by atoms with Gasteiger partial charge in [-0.15, -0.1) is 0 Å². The molecule has 194 valence electrons. The topological polar surface area (TPSA) is 66.0 Å². The van der Waals surface area contributed by atoms with Crippen LogP contribution in [0.15, 0.2) is 30.3 Å². The number of hydrogen-bond donors (Lipinski definition) is 1. The summed E-state index contributed by atoms with van der Waals surface area (Å²) in [5.74, 6) is -0.113. The molecule has 1 fully saturated rings. The van der Waals surface area contributed by atoms with E-state index in [-0.39, 0.29) is 28.1 Å². The van der Waals surface area contributed by atoms with E-state index >= 15 is 0 Å². The van der Waals surface area contributed by atoms with Gasteiger partial charge in [-0.3, -0.25) is 4.79 Å². The standard InChI is InChI=1S/C26H47NO5Si2/c1-19(28)27-22-21(18-29-17-20-15-13-12-14-16-20)30-24(32-34(10,11)26(5,6)7)23(22)31-33(8,9)25(2,3)4/h12-16,21-24H,17-18H2,1-11H3,(H,27,28)/t21-,22+,23?,24-/m1/s1. The van der Waals surface area contributed by atoms with Gasteiger partial charge in [0.1, 0.15) is 12.2 Å². The van der Waals surface area contributed by atoms with Gasteiger partial charge >= 0.3 is 0 Å². The van der Waals surface area contributed by atoms with E-state index in [1.54, 1.807) is 0 Å². The SMILES string of the molecule is CC(=O)N[C@@H]1C(O[Si](C)(C)C(C)(C)C)[C@@H](O[Si](C)(C)C(C)(C)C)O[C@@H]1COCc1ccccc1. The Bertz CT molecular complexity index is 802. The number of ether oxygens (including phenoxy) is 2. The molecular weight excluding hydrogens is 462 g/mol. The van der Waals surface area contributed by atoms with E-state index in [4.69, 9.17) is 18.3 Å². The first-order valence-corrected chi connectivity index (χ1v) is 18.2. The summed E-state index contributed by atoms with van der Waals surface area (Å²) in [7, 11) is -4.34. The monoisotopic (exact) mass is 509 g/mol. The van der Waals surface area contributed by atoms with Crippen molar-refractivity contribution >= 4 is 22.5 Å². The maximum atomic E-state index is 12.2. The first-order chi connectivity index (χ1) is 15.4. The van der Waals surface area contributed by atoms with E-state index < -0.39 is 29.0 Å². The highest BCUT2D eigenvalue weighted by atomic mass is 28.4. The number of carbonyl (C=O) groups is 1. The Morgan fingerprint density at radius 3 is 1.97 bits per heavy atom. The molecular formula is C26H47NO5Si2. The molecule has 0 bridgehead atoms. The van der Waals surface area contributed by atoms with Gasteiger partial charge in [0.05, 0.1) is 19.3 Å². The van der Waals surface area contributed by atoms with Crippen LogP contribution in [0.1, 0.15) is 54.0 Å². The lowest BCUT2D eigenvalue weighted by Crippen LogP contribution is -2.56. The number of benzene rings is 1. The lowest BCUT2D eigenvalue weighted by atomic mass is 10.1. The van der Waals surface area contributed by atoms with Gasteiger partial charge in [0.15, 0.2) is 22.9 Å². The van der Waals surface area contributed by atoms with Crippen molar-refractivity contribution < 1.29 is 23.1 Å². The van der Waals surface area contributed by atoms with Crippen molar-refractivity contribution in [1.29, 1.82) is 0 Å². The molecule has 1 aliphatic rings. The number of hydrogen-bond acceptors (Lipinski definition) is 5. The Balaban J connectivity index is 2.31. The molecule has 4 atom stereocenters. The molecule has 1 aromatic carbocycles. The molecule has 1 amide bonds. The van der Waals surface area contributed by atoms with Gasteiger partial charge in [-0.2, -0.15) is 0 Å². The molecule has 1 unspecified atom stereocenters. The molecule has 0 radical (unpaired) electrons. The lowest BCUT2D eigenvalue weighted by Gasteiger charge is -2.43. The average molecular weight is 510 g/mol. The molecule has 1 N–H and O–H groups in total. The van der Waals surface area contributed by atoms with Gasteiger partial charge in [0.2, 0.25) is 5.91 Å². The van der Waals surface area contributed by atoms with Gasteiger partial charge in [0.25, 0.3) is 0 Å². The van der Waals surface area contributed by atoms with E-state index in [9.17, 15) is 4.79 Å². The van der Waals surface area contributed by atoms with Crippen LogP contribution >= 0.6 is 0 Å². The predicted molar refractivity (Wildman–Crippen MR) is 143 cm³/mol. The summed E-state index contributed by atoms with van der Waals surface area (Å²) in [6.45, 7) is 24.5. The van der Waals surface area contributed by atoms with Crippen molar-refractivity contribution in [2.24, 2.45) is 0 Å². The Morgan fingerprint density at radius 2 is 1.47 bits per heavy atom. The van der Waals surface area contributed by atoms with Crippen LogP contribution < -0.4 is 5.32 Å². The highest BCUT2D eigenvalue weighted by molar-refractivity contribution is 6.74. The molecule has 0 saturated carbocycles. The molecule has 0 aromatic heterocycles. The van der Waals surface area contributed by atoms with E-state index in [0.29, 0.717) is 13.2 Å². The highest BCUT2D eigenvalue weighted by Crippen LogP contribution is 2.43. The largest absolute Gasteiger partial charge is 0.407 e. The van der Waals surface area contributed by atoms with Crippen LogP contribution in [-0.2, 0) is 29.7 Å². The molecule has 1 heterocycles. The Hall–Kier alpha value is -1.04. The summed E-state index contributed by atoms with van der Waals surface area (Å²) in [6, 6.07) is 9.70. The van der Waals surface area contributed by atoms with Crippen molar-refractivity contribution in [3.63, 3.8) is 0 Å². The number of rotatable bonds is 9. The lowest BCUT2D eigenvalue weighted by molar-refractivity contribution is -0.126. The van der Waals surface area contributed by atoms with Gasteiger partial charge in [-0.25, -0.2) is 0 Å². The average Bonchev–Trinajstić information content (AvgIpc) is 2.96. The second-order valence-electron chi connectivity index (χ2n) is 12.5. The van der Waals surface area contributed by atoms with Crippen molar-refractivity contribution in [3.8, 4) is 0 Å². The summed E-state index contributed by atoms with van der Waals surface area (Å²) in [5, 5.41) is 3.14. The number of nitrogens with one attached hydrogen (secondary N) is 1. The zero-order valence-electron chi connectivity index (χ0n) is 23.2. The molecule has 34 heavy (non-hydrogen) atoms.